The van der Waals surface area contributed by atoms with Gasteiger partial charge in [-0.05, 0) is 512 Å². The van der Waals surface area contributed by atoms with Crippen LogP contribution in [0.15, 0.2) is 0 Å². The first-order chi connectivity index (χ1) is 65.0. The van der Waals surface area contributed by atoms with Gasteiger partial charge in [-0.15, -0.1) is 0 Å². The normalized spacial score (nSPS) is 31.0. The Kier molecular flexibility index (Phi) is 45.5. The van der Waals surface area contributed by atoms with Crippen molar-refractivity contribution in [1.29, 1.82) is 0 Å². The van der Waals surface area contributed by atoms with Crippen LogP contribution in [0.3, 0.4) is 0 Å². The van der Waals surface area contributed by atoms with Crippen LogP contribution < -0.4 is 0 Å². The van der Waals surface area contributed by atoms with Crippen LogP contribution in [-0.2, 0) is 0 Å². The third-order valence-corrected chi connectivity index (χ3v) is 44.4. The predicted molar refractivity (Wildman–Crippen MR) is 607 cm³/mol. The Labute approximate surface area is 865 Å². The first-order valence-electron chi connectivity index (χ1n) is 62.6. The van der Waals surface area contributed by atoms with Crippen LogP contribution in [0.5, 0.6) is 0 Å². The first-order valence-corrected chi connectivity index (χ1v) is 62.6. The predicted octanol–water partition coefficient (Wildman–Crippen LogP) is 33.1. The van der Waals surface area contributed by atoms with Gasteiger partial charge >= 0.3 is 0 Å². The van der Waals surface area contributed by atoms with E-state index in [1.54, 1.807) is 0 Å². The third-order valence-electron chi connectivity index (χ3n) is 44.4. The average Bonchev–Trinajstić information content (AvgIpc) is 1.63. The Morgan fingerprint density at radius 3 is 0.290 bits per heavy atom. The van der Waals surface area contributed by atoms with Crippen LogP contribution in [-0.4, -0.2) is 216 Å². The van der Waals surface area contributed by atoms with Crippen molar-refractivity contribution in [3.63, 3.8) is 0 Å². The fourth-order valence-corrected chi connectivity index (χ4v) is 35.1. The molecule has 9 saturated heterocycles. The summed E-state index contributed by atoms with van der Waals surface area (Å²) in [6, 6.07) is 6.70. The van der Waals surface area contributed by atoms with Crippen molar-refractivity contribution in [3.05, 3.63) is 0 Å². The van der Waals surface area contributed by atoms with Crippen molar-refractivity contribution in [3.8, 4) is 0 Å². The molecular formula is C129H249N9. The molecule has 9 nitrogen and oxygen atoms in total. The van der Waals surface area contributed by atoms with E-state index >= 15 is 0 Å². The minimum atomic E-state index is 0.676. The van der Waals surface area contributed by atoms with Gasteiger partial charge in [-0.3, -0.25) is 0 Å². The summed E-state index contributed by atoms with van der Waals surface area (Å²) in [7, 11) is 0. The topological polar surface area (TPSA) is 29.2 Å². The zero-order valence-corrected chi connectivity index (χ0v) is 100. The molecule has 9 aliphatic heterocycles. The third kappa shape index (κ3) is 30.3. The zero-order chi connectivity index (χ0) is 102. The number of likely N-dealkylation sites (tertiary alicyclic amines) is 9. The highest BCUT2D eigenvalue weighted by Crippen LogP contribution is 2.63. The Balaban J connectivity index is 0.000000160. The van der Waals surface area contributed by atoms with E-state index in [4.69, 9.17) is 0 Å². The number of piperidine rings is 9. The van der Waals surface area contributed by atoms with Gasteiger partial charge in [0.25, 0.3) is 0 Å². The minimum absolute atomic E-state index is 0.676. The fraction of sp³-hybridized carbons (Fsp3) is 1.00. The lowest BCUT2D eigenvalue weighted by atomic mass is 9.55. The van der Waals surface area contributed by atoms with Gasteiger partial charge in [0.1, 0.15) is 0 Å². The molecule has 9 heterocycles. The molecule has 0 bridgehead atoms. The summed E-state index contributed by atoms with van der Waals surface area (Å²) in [4.78, 5) is 24.4. The molecule has 138 heavy (non-hydrogen) atoms. The molecule has 9 saturated carbocycles. The van der Waals surface area contributed by atoms with Crippen LogP contribution in [0, 0.1) is 155 Å². The van der Waals surface area contributed by atoms with Crippen molar-refractivity contribution < 1.29 is 0 Å². The molecule has 0 amide bonds. The van der Waals surface area contributed by atoms with E-state index in [2.05, 4.69) is 293 Å². The molecule has 0 aromatic carbocycles. The second-order valence-electron chi connectivity index (χ2n) is 58.8. The molecule has 0 radical (unpaired) electrons. The summed E-state index contributed by atoms with van der Waals surface area (Å²) in [6.07, 6.45) is 57.7. The molecule has 9 heteroatoms. The second-order valence-corrected chi connectivity index (χ2v) is 58.8. The Morgan fingerprint density at radius 1 is 0.123 bits per heavy atom. The molecule has 9 spiro atoms. The lowest BCUT2D eigenvalue weighted by molar-refractivity contribution is -0.0642. The number of nitrogens with zero attached hydrogens (tertiary/aromatic N) is 9. The lowest BCUT2D eigenvalue weighted by Crippen LogP contribution is -2.55. The van der Waals surface area contributed by atoms with Gasteiger partial charge in [0.2, 0.25) is 0 Å². The van der Waals surface area contributed by atoms with Crippen LogP contribution in [0.2, 0.25) is 0 Å². The summed E-state index contributed by atoms with van der Waals surface area (Å²) in [5, 5.41) is 0. The lowest BCUT2D eigenvalue weighted by Gasteiger charge is -2.56. The highest BCUT2D eigenvalue weighted by atomic mass is 15.2. The van der Waals surface area contributed by atoms with Crippen molar-refractivity contribution in [2.24, 2.45) is 155 Å². The van der Waals surface area contributed by atoms with Gasteiger partial charge in [0.15, 0.2) is 0 Å². The van der Waals surface area contributed by atoms with E-state index < -0.39 is 0 Å². The summed E-state index contributed by atoms with van der Waals surface area (Å²) in [5.74, 6) is 17.0. The molecule has 0 N–H and O–H groups in total. The van der Waals surface area contributed by atoms with E-state index in [1.165, 1.54) is 368 Å². The Morgan fingerprint density at radius 2 is 0.217 bits per heavy atom. The van der Waals surface area contributed by atoms with Crippen LogP contribution in [0.4, 0.5) is 0 Å². The van der Waals surface area contributed by atoms with Gasteiger partial charge in [-0.1, -0.05) is 202 Å². The second kappa shape index (κ2) is 52.6. The monoisotopic (exact) mass is 1920 g/mol. The van der Waals surface area contributed by atoms with Gasteiger partial charge in [0.05, 0.1) is 0 Å². The van der Waals surface area contributed by atoms with E-state index in [9.17, 15) is 0 Å². The molecule has 18 rings (SSSR count). The van der Waals surface area contributed by atoms with Crippen molar-refractivity contribution >= 4 is 0 Å². The van der Waals surface area contributed by atoms with Crippen molar-refractivity contribution in [1.82, 2.24) is 44.1 Å². The summed E-state index contributed by atoms with van der Waals surface area (Å²) < 4.78 is 0. The van der Waals surface area contributed by atoms with Gasteiger partial charge in [-0.2, -0.15) is 0 Å². The molecule has 3 unspecified atom stereocenters. The van der Waals surface area contributed by atoms with Gasteiger partial charge in [-0.25, -0.2) is 0 Å². The van der Waals surface area contributed by atoms with E-state index in [0.29, 0.717) is 16.2 Å². The van der Waals surface area contributed by atoms with Crippen LogP contribution in [0.1, 0.15) is 500 Å². The smallest absolute Gasteiger partial charge is 0.00434 e. The zero-order valence-electron chi connectivity index (χ0n) is 100. The average molecular weight is 1930 g/mol. The molecule has 810 valence electrons. The molecule has 18 aliphatic rings. The Bertz CT molecular complexity index is 3010. The summed E-state index contributed by atoms with van der Waals surface area (Å²) >= 11 is 0. The highest BCUT2D eigenvalue weighted by molar-refractivity contribution is 5.10. The largest absolute Gasteiger partial charge is 0.300 e. The molecule has 18 fully saturated rings. The van der Waals surface area contributed by atoms with Crippen LogP contribution >= 0.6 is 0 Å². The molecule has 0 aromatic rings. The summed E-state index contributed by atoms with van der Waals surface area (Å²) in [6.45, 7) is 111. The highest BCUT2D eigenvalue weighted by Gasteiger charge is 2.58. The standard InChI is InChI=1S/3C16H31N.3C14H27N.3C13H25N/c3*1-13(2)15-8-11-17(14(3)4)12-16(15)9-6-5-7-10-16;3*1-11(2)13-6-9-15(12(3)4)10-14(13)7-5-8-14;3*1-10(2)12-5-8-14(11(3)4)9-13(12)6-7-13/h3*13-15H,5-12H2,1-4H3;3*11-13H,5-10H2,1-4H3;3*10-12H,5-9H2,1-4H3/t2*15-;;2*13-;;2*12-;/m10.10.10./s1. The number of hydrogen-bond acceptors (Lipinski definition) is 9. The maximum absolute atomic E-state index is 2.74. The molecule has 0 aromatic heterocycles. The first kappa shape index (κ1) is 120. The molecule has 9 aliphatic carbocycles. The number of rotatable bonds is 18. The molecule has 9 atom stereocenters. The van der Waals surface area contributed by atoms with E-state index in [0.717, 1.165) is 193 Å². The SMILES string of the molecule is CC(C)C1CCN(C(C)C)CC12CC2.CC(C)C1CCN(C(C)C)CC12CCC2.CC(C)C1CCN(C(C)C)CC12CCCCC2.CC(C)[C@@H]1CCN(C(C)C)CC12CC2.CC(C)[C@@H]1CCN(C(C)C)CC12CCC2.CC(C)[C@@H]1CCN(C(C)C)CC12CCCCC2.CC(C)[C@H]1CCN(C(C)C)CC12CC2.CC(C)[C@H]1CCN(C(C)C)CC12CCC2.CC(C)[C@H]1CCN(C(C)C)CC12CCCCC2. The number of hydrogen-bond donors (Lipinski definition) is 0. The maximum Gasteiger partial charge on any atom is 0.00434 e. The Hall–Kier alpha value is -0.360. The van der Waals surface area contributed by atoms with Gasteiger partial charge < -0.3 is 44.1 Å². The fourth-order valence-electron chi connectivity index (χ4n) is 35.1. The van der Waals surface area contributed by atoms with Crippen molar-refractivity contribution in [2.45, 2.75) is 554 Å². The minimum Gasteiger partial charge on any atom is -0.300 e. The maximum atomic E-state index is 2.74. The quantitative estimate of drug-likeness (QED) is 0.133. The molecular weight excluding hydrogens is 1680 g/mol. The van der Waals surface area contributed by atoms with Crippen LogP contribution in [0.25, 0.3) is 0 Å². The summed E-state index contributed by atoms with van der Waals surface area (Å²) in [5.41, 5.74) is 6.42. The van der Waals surface area contributed by atoms with Gasteiger partial charge in [0, 0.05) is 113 Å². The van der Waals surface area contributed by atoms with Crippen molar-refractivity contribution in [2.75, 3.05) is 118 Å². The van der Waals surface area contributed by atoms with E-state index in [1.807, 2.05) is 0 Å². The van der Waals surface area contributed by atoms with E-state index in [-0.39, 0.29) is 0 Å².